The molecule has 1 aromatic rings. The number of para-hydroxylation sites is 1. The number of benzene rings is 1. The Kier molecular flexibility index (Phi) is 2.82. The molecular weight excluding hydrogens is 176 g/mol. The summed E-state index contributed by atoms with van der Waals surface area (Å²) >= 11 is 0. The molecular formula is C12H14O2. The average Bonchev–Trinajstić information content (AvgIpc) is 2.63. The van der Waals surface area contributed by atoms with Crippen LogP contribution in [-0.2, 0) is 4.79 Å². The summed E-state index contributed by atoms with van der Waals surface area (Å²) in [5.74, 6) is 1.71. The minimum Gasteiger partial charge on any atom is -0.493 e. The first kappa shape index (κ1) is 9.25. The highest BCUT2D eigenvalue weighted by Crippen LogP contribution is 2.22. The van der Waals surface area contributed by atoms with E-state index in [2.05, 4.69) is 0 Å². The van der Waals surface area contributed by atoms with Crippen molar-refractivity contribution in [3.8, 4) is 5.75 Å². The van der Waals surface area contributed by atoms with Crippen LogP contribution in [0.3, 0.4) is 0 Å². The minimum absolute atomic E-state index is 0.381. The van der Waals surface area contributed by atoms with E-state index < -0.39 is 0 Å². The third-order valence-electron chi connectivity index (χ3n) is 2.58. The van der Waals surface area contributed by atoms with Gasteiger partial charge in [0.05, 0.1) is 6.61 Å². The predicted octanol–water partition coefficient (Wildman–Crippen LogP) is 2.43. The van der Waals surface area contributed by atoms with Crippen LogP contribution in [0.1, 0.15) is 19.3 Å². The maximum absolute atomic E-state index is 11.0. The summed E-state index contributed by atoms with van der Waals surface area (Å²) in [4.78, 5) is 11.0. The van der Waals surface area contributed by atoms with Crippen LogP contribution in [0.2, 0.25) is 0 Å². The zero-order valence-electron chi connectivity index (χ0n) is 8.11. The normalized spacial score (nSPS) is 21.1. The summed E-state index contributed by atoms with van der Waals surface area (Å²) in [5, 5.41) is 0. The molecule has 1 unspecified atom stereocenters. The molecule has 1 aromatic carbocycles. The highest BCUT2D eigenvalue weighted by atomic mass is 16.5. The SMILES string of the molecule is O=C1CCC(COc2ccccc2)C1. The summed E-state index contributed by atoms with van der Waals surface area (Å²) in [5.41, 5.74) is 0. The minimum atomic E-state index is 0.381. The molecule has 14 heavy (non-hydrogen) atoms. The first-order valence-electron chi connectivity index (χ1n) is 5.04. The van der Waals surface area contributed by atoms with Gasteiger partial charge in [0.1, 0.15) is 11.5 Å². The molecule has 0 saturated heterocycles. The van der Waals surface area contributed by atoms with E-state index in [9.17, 15) is 4.79 Å². The Bertz CT molecular complexity index is 305. The Morgan fingerprint density at radius 2 is 2.07 bits per heavy atom. The number of ether oxygens (including phenoxy) is 1. The van der Waals surface area contributed by atoms with Gasteiger partial charge in [0.2, 0.25) is 0 Å². The van der Waals surface area contributed by atoms with Gasteiger partial charge in [0.15, 0.2) is 0 Å². The highest BCUT2D eigenvalue weighted by Gasteiger charge is 2.22. The quantitative estimate of drug-likeness (QED) is 0.731. The van der Waals surface area contributed by atoms with E-state index in [0.29, 0.717) is 24.7 Å². The second-order valence-electron chi connectivity index (χ2n) is 3.77. The Morgan fingerprint density at radius 1 is 1.29 bits per heavy atom. The summed E-state index contributed by atoms with van der Waals surface area (Å²) in [7, 11) is 0. The van der Waals surface area contributed by atoms with Gasteiger partial charge in [-0.25, -0.2) is 0 Å². The number of hydrogen-bond acceptors (Lipinski definition) is 2. The lowest BCUT2D eigenvalue weighted by Crippen LogP contribution is -2.08. The number of Topliss-reactive ketones (excluding diaryl/α,β-unsaturated/α-hetero) is 1. The van der Waals surface area contributed by atoms with E-state index in [0.717, 1.165) is 18.6 Å². The van der Waals surface area contributed by atoms with Crippen LogP contribution < -0.4 is 4.74 Å². The average molecular weight is 190 g/mol. The lowest BCUT2D eigenvalue weighted by atomic mass is 10.1. The molecule has 0 N–H and O–H groups in total. The Hall–Kier alpha value is -1.31. The maximum atomic E-state index is 11.0. The topological polar surface area (TPSA) is 26.3 Å². The predicted molar refractivity (Wildman–Crippen MR) is 54.3 cm³/mol. The number of hydrogen-bond donors (Lipinski definition) is 0. The zero-order valence-corrected chi connectivity index (χ0v) is 8.11. The second-order valence-corrected chi connectivity index (χ2v) is 3.77. The lowest BCUT2D eigenvalue weighted by molar-refractivity contribution is -0.117. The first-order chi connectivity index (χ1) is 6.84. The van der Waals surface area contributed by atoms with Gasteiger partial charge in [0.25, 0.3) is 0 Å². The fraction of sp³-hybridized carbons (Fsp3) is 0.417. The van der Waals surface area contributed by atoms with Crippen LogP contribution in [-0.4, -0.2) is 12.4 Å². The van der Waals surface area contributed by atoms with E-state index in [-0.39, 0.29) is 0 Å². The summed E-state index contributed by atoms with van der Waals surface area (Å²) in [6, 6.07) is 9.75. The zero-order chi connectivity index (χ0) is 9.80. The molecule has 0 aliphatic heterocycles. The molecule has 0 bridgehead atoms. The number of carbonyl (C=O) groups is 1. The van der Waals surface area contributed by atoms with Crippen molar-refractivity contribution in [2.75, 3.05) is 6.61 Å². The summed E-state index contributed by atoms with van der Waals surface area (Å²) in [6.07, 6.45) is 2.43. The molecule has 0 heterocycles. The van der Waals surface area contributed by atoms with Gasteiger partial charge in [-0.2, -0.15) is 0 Å². The van der Waals surface area contributed by atoms with Crippen LogP contribution in [0.25, 0.3) is 0 Å². The maximum Gasteiger partial charge on any atom is 0.133 e. The smallest absolute Gasteiger partial charge is 0.133 e. The summed E-state index contributed by atoms with van der Waals surface area (Å²) in [6.45, 7) is 0.676. The molecule has 1 atom stereocenters. The van der Waals surface area contributed by atoms with E-state index >= 15 is 0 Å². The van der Waals surface area contributed by atoms with Crippen molar-refractivity contribution in [1.82, 2.24) is 0 Å². The molecule has 0 aromatic heterocycles. The van der Waals surface area contributed by atoms with Crippen LogP contribution in [0.15, 0.2) is 30.3 Å². The lowest BCUT2D eigenvalue weighted by Gasteiger charge is -2.10. The van der Waals surface area contributed by atoms with Gasteiger partial charge in [0, 0.05) is 18.8 Å². The van der Waals surface area contributed by atoms with Crippen molar-refractivity contribution in [1.29, 1.82) is 0 Å². The van der Waals surface area contributed by atoms with Gasteiger partial charge in [-0.1, -0.05) is 18.2 Å². The Morgan fingerprint density at radius 3 is 2.71 bits per heavy atom. The van der Waals surface area contributed by atoms with E-state index in [1.165, 1.54) is 0 Å². The standard InChI is InChI=1S/C12H14O2/c13-11-7-6-10(8-11)9-14-12-4-2-1-3-5-12/h1-5,10H,6-9H2. The third-order valence-corrected chi connectivity index (χ3v) is 2.58. The van der Waals surface area contributed by atoms with Crippen molar-refractivity contribution in [2.45, 2.75) is 19.3 Å². The van der Waals surface area contributed by atoms with Gasteiger partial charge in [-0.15, -0.1) is 0 Å². The van der Waals surface area contributed by atoms with Crippen molar-refractivity contribution in [3.05, 3.63) is 30.3 Å². The van der Waals surface area contributed by atoms with E-state index in [1.807, 2.05) is 30.3 Å². The first-order valence-corrected chi connectivity index (χ1v) is 5.04. The van der Waals surface area contributed by atoms with Gasteiger partial charge >= 0.3 is 0 Å². The van der Waals surface area contributed by atoms with Crippen molar-refractivity contribution in [3.63, 3.8) is 0 Å². The fourth-order valence-corrected chi connectivity index (χ4v) is 1.76. The van der Waals surface area contributed by atoms with Crippen molar-refractivity contribution < 1.29 is 9.53 Å². The second kappa shape index (κ2) is 4.27. The number of carbonyl (C=O) groups excluding carboxylic acids is 1. The largest absolute Gasteiger partial charge is 0.493 e. The van der Waals surface area contributed by atoms with Crippen molar-refractivity contribution in [2.24, 2.45) is 5.92 Å². The van der Waals surface area contributed by atoms with Crippen LogP contribution in [0.4, 0.5) is 0 Å². The van der Waals surface area contributed by atoms with Crippen LogP contribution in [0, 0.1) is 5.92 Å². The molecule has 0 spiro atoms. The molecule has 74 valence electrons. The van der Waals surface area contributed by atoms with Gasteiger partial charge in [-0.3, -0.25) is 4.79 Å². The Labute approximate surface area is 83.9 Å². The number of ketones is 1. The van der Waals surface area contributed by atoms with E-state index in [1.54, 1.807) is 0 Å². The van der Waals surface area contributed by atoms with Crippen LogP contribution in [0.5, 0.6) is 5.75 Å². The van der Waals surface area contributed by atoms with Gasteiger partial charge < -0.3 is 4.74 Å². The molecule has 2 heteroatoms. The van der Waals surface area contributed by atoms with Crippen LogP contribution >= 0.6 is 0 Å². The molecule has 0 radical (unpaired) electrons. The fourth-order valence-electron chi connectivity index (χ4n) is 1.76. The van der Waals surface area contributed by atoms with Crippen molar-refractivity contribution >= 4 is 5.78 Å². The van der Waals surface area contributed by atoms with Gasteiger partial charge in [-0.05, 0) is 18.6 Å². The molecule has 1 aliphatic carbocycles. The summed E-state index contributed by atoms with van der Waals surface area (Å²) < 4.78 is 5.59. The molecule has 1 aliphatic rings. The van der Waals surface area contributed by atoms with E-state index in [4.69, 9.17) is 4.74 Å². The molecule has 2 nitrogen and oxygen atoms in total. The Balaban J connectivity index is 1.80. The molecule has 2 rings (SSSR count). The highest BCUT2D eigenvalue weighted by molar-refractivity contribution is 5.80. The number of rotatable bonds is 3. The molecule has 0 amide bonds. The molecule has 1 saturated carbocycles. The monoisotopic (exact) mass is 190 g/mol. The molecule has 1 fully saturated rings. The third kappa shape index (κ3) is 2.34.